The SMILES string of the molecule is NC(=O)C1(NCc2nc3sc4c(c3c(=O)[nH]2)CCC4)CCCCC1. The van der Waals surface area contributed by atoms with Gasteiger partial charge in [-0.3, -0.25) is 14.9 Å². The molecule has 6 nitrogen and oxygen atoms in total. The number of nitrogens with two attached hydrogens (primary N) is 1. The standard InChI is InChI=1S/C17H22N4O2S/c18-16(23)17(7-2-1-3-8-17)19-9-12-20-14(22)13-10-5-4-6-11(10)24-15(13)21-12/h19H,1-9H2,(H2,18,23)(H,20,21,22). The van der Waals surface area contributed by atoms with Crippen molar-refractivity contribution in [3.05, 3.63) is 26.6 Å². The van der Waals surface area contributed by atoms with Gasteiger partial charge in [0, 0.05) is 4.88 Å². The third-order valence-electron chi connectivity index (χ3n) is 5.40. The normalized spacial score (nSPS) is 19.5. The highest BCUT2D eigenvalue weighted by atomic mass is 32.1. The Balaban J connectivity index is 1.61. The Morgan fingerprint density at radius 1 is 1.25 bits per heavy atom. The maximum Gasteiger partial charge on any atom is 0.259 e. The molecule has 0 aliphatic heterocycles. The van der Waals surface area contributed by atoms with Crippen molar-refractivity contribution < 1.29 is 4.79 Å². The molecule has 1 saturated carbocycles. The van der Waals surface area contributed by atoms with Gasteiger partial charge in [-0.15, -0.1) is 11.3 Å². The van der Waals surface area contributed by atoms with Gasteiger partial charge in [-0.05, 0) is 37.7 Å². The first kappa shape index (κ1) is 15.8. The van der Waals surface area contributed by atoms with E-state index in [1.165, 1.54) is 10.4 Å². The van der Waals surface area contributed by atoms with Crippen molar-refractivity contribution >= 4 is 27.5 Å². The summed E-state index contributed by atoms with van der Waals surface area (Å²) in [4.78, 5) is 34.0. The molecule has 7 heteroatoms. The summed E-state index contributed by atoms with van der Waals surface area (Å²) in [7, 11) is 0. The van der Waals surface area contributed by atoms with Crippen molar-refractivity contribution in [1.29, 1.82) is 0 Å². The number of hydrogen-bond donors (Lipinski definition) is 3. The molecule has 0 spiro atoms. The van der Waals surface area contributed by atoms with Crippen molar-refractivity contribution in [3.8, 4) is 0 Å². The molecule has 2 heterocycles. The Morgan fingerprint density at radius 3 is 2.79 bits per heavy atom. The molecular formula is C17H22N4O2S. The molecule has 24 heavy (non-hydrogen) atoms. The summed E-state index contributed by atoms with van der Waals surface area (Å²) in [6.45, 7) is 0.358. The smallest absolute Gasteiger partial charge is 0.259 e. The quantitative estimate of drug-likeness (QED) is 0.785. The molecule has 2 aromatic rings. The average molecular weight is 346 g/mol. The van der Waals surface area contributed by atoms with Gasteiger partial charge in [0.1, 0.15) is 10.7 Å². The molecule has 2 aliphatic rings. The van der Waals surface area contributed by atoms with Crippen LogP contribution in [0.2, 0.25) is 0 Å². The molecule has 0 bridgehead atoms. The van der Waals surface area contributed by atoms with E-state index < -0.39 is 5.54 Å². The van der Waals surface area contributed by atoms with E-state index in [4.69, 9.17) is 5.73 Å². The zero-order valence-corrected chi connectivity index (χ0v) is 14.4. The van der Waals surface area contributed by atoms with Crippen LogP contribution in [0.15, 0.2) is 4.79 Å². The summed E-state index contributed by atoms with van der Waals surface area (Å²) >= 11 is 1.63. The number of rotatable bonds is 4. The topological polar surface area (TPSA) is 101 Å². The average Bonchev–Trinajstić information content (AvgIpc) is 3.14. The highest BCUT2D eigenvalue weighted by Crippen LogP contribution is 2.34. The van der Waals surface area contributed by atoms with Gasteiger partial charge in [0.2, 0.25) is 5.91 Å². The third-order valence-corrected chi connectivity index (χ3v) is 6.58. The number of H-pyrrole nitrogens is 1. The van der Waals surface area contributed by atoms with Gasteiger partial charge in [0.25, 0.3) is 5.56 Å². The number of nitrogens with one attached hydrogen (secondary N) is 2. The molecule has 0 radical (unpaired) electrons. The lowest BCUT2D eigenvalue weighted by Gasteiger charge is -2.35. The lowest BCUT2D eigenvalue weighted by molar-refractivity contribution is -0.125. The molecular weight excluding hydrogens is 324 g/mol. The van der Waals surface area contributed by atoms with E-state index in [1.807, 2.05) is 0 Å². The number of aryl methyl sites for hydroxylation is 2. The molecule has 4 rings (SSSR count). The number of fused-ring (bicyclic) bond motifs is 3. The van der Waals surface area contributed by atoms with E-state index in [0.717, 1.165) is 61.6 Å². The van der Waals surface area contributed by atoms with Crippen LogP contribution in [0.25, 0.3) is 10.2 Å². The molecule has 0 saturated heterocycles. The predicted octanol–water partition coefficient (Wildman–Crippen LogP) is 1.75. The van der Waals surface area contributed by atoms with E-state index in [9.17, 15) is 9.59 Å². The van der Waals surface area contributed by atoms with Crippen LogP contribution < -0.4 is 16.6 Å². The van der Waals surface area contributed by atoms with Crippen molar-refractivity contribution in [1.82, 2.24) is 15.3 Å². The third kappa shape index (κ3) is 2.56. The zero-order valence-electron chi connectivity index (χ0n) is 13.6. The molecule has 2 aromatic heterocycles. The van der Waals surface area contributed by atoms with Crippen LogP contribution in [0, 0.1) is 0 Å². The second-order valence-corrected chi connectivity index (χ2v) is 7.99. The van der Waals surface area contributed by atoms with E-state index in [2.05, 4.69) is 15.3 Å². The molecule has 0 aromatic carbocycles. The van der Waals surface area contributed by atoms with Crippen LogP contribution in [0.4, 0.5) is 0 Å². The van der Waals surface area contributed by atoms with E-state index in [1.54, 1.807) is 11.3 Å². The second kappa shape index (κ2) is 5.97. The Labute approximate surface area is 143 Å². The monoisotopic (exact) mass is 346 g/mol. The summed E-state index contributed by atoms with van der Waals surface area (Å²) in [5.41, 5.74) is 6.10. The van der Waals surface area contributed by atoms with Gasteiger partial charge in [-0.2, -0.15) is 0 Å². The van der Waals surface area contributed by atoms with E-state index in [0.29, 0.717) is 12.4 Å². The number of aromatic amines is 1. The number of aromatic nitrogens is 2. The maximum absolute atomic E-state index is 12.5. The Kier molecular flexibility index (Phi) is 3.92. The summed E-state index contributed by atoms with van der Waals surface area (Å²) in [6.07, 6.45) is 7.79. The summed E-state index contributed by atoms with van der Waals surface area (Å²) in [5, 5.41) is 4.05. The Bertz CT molecular complexity index is 848. The predicted molar refractivity (Wildman–Crippen MR) is 94.1 cm³/mol. The number of amides is 1. The molecule has 128 valence electrons. The summed E-state index contributed by atoms with van der Waals surface area (Å²) in [6, 6.07) is 0. The van der Waals surface area contributed by atoms with Crippen LogP contribution in [0.1, 0.15) is 54.8 Å². The van der Waals surface area contributed by atoms with Gasteiger partial charge < -0.3 is 10.7 Å². The van der Waals surface area contributed by atoms with Crippen LogP contribution in [0.5, 0.6) is 0 Å². The molecule has 4 N–H and O–H groups in total. The van der Waals surface area contributed by atoms with Crippen LogP contribution in [-0.2, 0) is 24.2 Å². The van der Waals surface area contributed by atoms with Gasteiger partial charge in [0.05, 0.1) is 17.5 Å². The number of thiophene rings is 1. The fourth-order valence-electron chi connectivity index (χ4n) is 4.05. The van der Waals surface area contributed by atoms with Gasteiger partial charge in [0.15, 0.2) is 0 Å². The fourth-order valence-corrected chi connectivity index (χ4v) is 5.33. The van der Waals surface area contributed by atoms with Gasteiger partial charge >= 0.3 is 0 Å². The lowest BCUT2D eigenvalue weighted by atomic mass is 9.81. The first-order valence-corrected chi connectivity index (χ1v) is 9.49. The highest BCUT2D eigenvalue weighted by molar-refractivity contribution is 7.18. The van der Waals surface area contributed by atoms with Crippen molar-refractivity contribution in [3.63, 3.8) is 0 Å². The highest BCUT2D eigenvalue weighted by Gasteiger charge is 2.37. The van der Waals surface area contributed by atoms with Crippen molar-refractivity contribution in [2.45, 2.75) is 63.5 Å². The van der Waals surface area contributed by atoms with Crippen molar-refractivity contribution in [2.75, 3.05) is 0 Å². The summed E-state index contributed by atoms with van der Waals surface area (Å²) < 4.78 is 0. The minimum absolute atomic E-state index is 0.0621. The first-order chi connectivity index (χ1) is 11.6. The molecule has 1 fully saturated rings. The van der Waals surface area contributed by atoms with Gasteiger partial charge in [-0.1, -0.05) is 19.3 Å². The fraction of sp³-hybridized carbons (Fsp3) is 0.588. The van der Waals surface area contributed by atoms with Crippen LogP contribution in [0.3, 0.4) is 0 Å². The minimum Gasteiger partial charge on any atom is -0.368 e. The van der Waals surface area contributed by atoms with Gasteiger partial charge in [-0.25, -0.2) is 4.98 Å². The molecule has 1 amide bonds. The van der Waals surface area contributed by atoms with E-state index in [-0.39, 0.29) is 11.5 Å². The van der Waals surface area contributed by atoms with Crippen molar-refractivity contribution in [2.24, 2.45) is 5.73 Å². The van der Waals surface area contributed by atoms with Crippen LogP contribution in [-0.4, -0.2) is 21.4 Å². The zero-order chi connectivity index (χ0) is 16.7. The number of primary amides is 1. The number of carbonyl (C=O) groups excluding carboxylic acids is 1. The number of nitrogens with zero attached hydrogens (tertiary/aromatic N) is 1. The largest absolute Gasteiger partial charge is 0.368 e. The molecule has 0 atom stereocenters. The molecule has 0 unspecified atom stereocenters. The Hall–Kier alpha value is -1.73. The maximum atomic E-state index is 12.5. The number of hydrogen-bond acceptors (Lipinski definition) is 5. The summed E-state index contributed by atoms with van der Waals surface area (Å²) in [5.74, 6) is 0.277. The second-order valence-electron chi connectivity index (χ2n) is 6.91. The minimum atomic E-state index is -0.664. The lowest BCUT2D eigenvalue weighted by Crippen LogP contribution is -2.56. The number of carbonyl (C=O) groups is 1. The first-order valence-electron chi connectivity index (χ1n) is 8.67. The van der Waals surface area contributed by atoms with Crippen LogP contribution >= 0.6 is 11.3 Å². The van der Waals surface area contributed by atoms with E-state index >= 15 is 0 Å². The Morgan fingerprint density at radius 2 is 2.04 bits per heavy atom. The molecule has 2 aliphatic carbocycles.